The number of aliphatic hydroxyl groups excluding tert-OH is 4. The van der Waals surface area contributed by atoms with E-state index in [1.165, 1.54) is 49.4 Å². The van der Waals surface area contributed by atoms with Crippen molar-refractivity contribution in [2.75, 3.05) is 0 Å². The predicted molar refractivity (Wildman–Crippen MR) is 206 cm³/mol. The molecule has 0 aliphatic carbocycles. The number of benzene rings is 1. The molecule has 1 aromatic rings. The maximum absolute atomic E-state index is 12.5. The van der Waals surface area contributed by atoms with Crippen LogP contribution < -0.4 is 5.32 Å². The Kier molecular flexibility index (Phi) is 16.3. The van der Waals surface area contributed by atoms with Gasteiger partial charge in [0.25, 0.3) is 0 Å². The number of allylic oxidation sites excluding steroid dienone is 6. The number of fused-ring (bicyclic) bond motifs is 3. The summed E-state index contributed by atoms with van der Waals surface area (Å²) in [6.45, 7) is 3.27. The Morgan fingerprint density at radius 3 is 2.29 bits per heavy atom. The Morgan fingerprint density at radius 1 is 0.914 bits per heavy atom. The molecule has 17 nitrogen and oxygen atoms in total. The van der Waals surface area contributed by atoms with Gasteiger partial charge in [-0.1, -0.05) is 60.7 Å². The molecule has 1 unspecified atom stereocenters. The second-order valence-electron chi connectivity index (χ2n) is 15.0. The number of carbonyl (C=O) groups excluding carboxylic acids is 1. The minimum Gasteiger partial charge on any atom is -0.508 e. The third-order valence-corrected chi connectivity index (χ3v) is 11.2. The van der Waals surface area contributed by atoms with Gasteiger partial charge < -0.3 is 69.2 Å². The SMILES string of the molecule is C[C@@H]1C/C=C/C=C/C=C/C=C/[C@H](O[C@@H]2O[C@H](C)[C@@H](O)[C@H](NC(c3ccc(O)cc3)P(O)O)[C@@H]2O)C[C@@H]2O[C@](O)(C[C@@H](O)C[C@H]3O[C@@H]3/C=C/C(=O)O1)C[C@H](O)[C@H]2C(=O)O. The van der Waals surface area contributed by atoms with Crippen molar-refractivity contribution in [2.45, 2.75) is 131 Å². The topological polar surface area (TPSA) is 278 Å². The van der Waals surface area contributed by atoms with Gasteiger partial charge in [0.2, 0.25) is 0 Å². The van der Waals surface area contributed by atoms with Crippen molar-refractivity contribution in [2.24, 2.45) is 5.92 Å². The highest BCUT2D eigenvalue weighted by Crippen LogP contribution is 2.44. The molecular formula is C40H54NO16P. The highest BCUT2D eigenvalue weighted by Gasteiger charge is 2.52. The first kappa shape index (κ1) is 45.7. The highest BCUT2D eigenvalue weighted by molar-refractivity contribution is 7.45. The van der Waals surface area contributed by atoms with E-state index in [4.69, 9.17) is 23.7 Å². The van der Waals surface area contributed by atoms with E-state index >= 15 is 0 Å². The van der Waals surface area contributed by atoms with Crippen molar-refractivity contribution in [1.29, 1.82) is 0 Å². The molecule has 4 aliphatic heterocycles. The number of rotatable bonds is 7. The third kappa shape index (κ3) is 12.8. The number of phenols is 1. The summed E-state index contributed by atoms with van der Waals surface area (Å²) in [5.41, 5.74) is 0.350. The number of epoxide rings is 1. The van der Waals surface area contributed by atoms with Crippen molar-refractivity contribution in [3.8, 4) is 5.75 Å². The van der Waals surface area contributed by atoms with Crippen LogP contribution in [0.2, 0.25) is 0 Å². The van der Waals surface area contributed by atoms with Crippen LogP contribution in [0, 0.1) is 5.92 Å². The van der Waals surface area contributed by atoms with Gasteiger partial charge in [-0.25, -0.2) is 4.79 Å². The van der Waals surface area contributed by atoms with E-state index in [1.807, 2.05) is 6.08 Å². The Labute approximate surface area is 337 Å². The van der Waals surface area contributed by atoms with Gasteiger partial charge in [0.05, 0.1) is 48.8 Å². The van der Waals surface area contributed by atoms with Crippen molar-refractivity contribution in [3.05, 3.63) is 90.6 Å². The van der Waals surface area contributed by atoms with Crippen LogP contribution in [0.5, 0.6) is 5.75 Å². The van der Waals surface area contributed by atoms with Gasteiger partial charge in [-0.2, -0.15) is 0 Å². The summed E-state index contributed by atoms with van der Waals surface area (Å²) < 4.78 is 29.1. The zero-order chi connectivity index (χ0) is 42.1. The summed E-state index contributed by atoms with van der Waals surface area (Å²) in [7, 11) is -2.72. The largest absolute Gasteiger partial charge is 0.508 e. The molecule has 15 atom stereocenters. The van der Waals surface area contributed by atoms with Gasteiger partial charge in [0.15, 0.2) is 20.5 Å². The van der Waals surface area contributed by atoms with E-state index in [-0.39, 0.29) is 18.6 Å². The standard InChI is InChI=1S/C40H54NO16P/c1-22-10-8-6-4-3-5-7-9-11-27(55-39-36(47)34(35(46)23(2)54-39)41-37(58(51)52)24-12-14-25(42)15-13-24)19-31-33(38(48)49)28(44)21-40(50,57-31)20-26(43)18-30-29(56-30)16-17-32(45)53-22/h3-9,11-17,22-23,26-31,33-37,39,41-44,46-47,50-52H,10,18-21H2,1-2H3,(H,48,49)/b4-3+,7-5+,8-6+,11-9+,17-16+/t22-,23-,26+,27+,28+,29-,30-,31+,33-,34+,35-,36+,37?,39+,40-/m1/s1. The van der Waals surface area contributed by atoms with Crippen molar-refractivity contribution in [1.82, 2.24) is 5.32 Å². The number of hydrogen-bond donors (Lipinski definition) is 10. The molecule has 4 aliphatic rings. The molecule has 320 valence electrons. The van der Waals surface area contributed by atoms with Gasteiger partial charge in [-0.3, -0.25) is 10.1 Å². The predicted octanol–water partition coefficient (Wildman–Crippen LogP) is 1.45. The van der Waals surface area contributed by atoms with Crippen LogP contribution in [0.15, 0.2) is 85.0 Å². The molecule has 0 amide bonds. The van der Waals surface area contributed by atoms with E-state index in [0.29, 0.717) is 12.0 Å². The van der Waals surface area contributed by atoms with Crippen molar-refractivity contribution in [3.63, 3.8) is 0 Å². The van der Waals surface area contributed by atoms with Gasteiger partial charge in [-0.05, 0) is 37.6 Å². The van der Waals surface area contributed by atoms with Crippen LogP contribution in [0.25, 0.3) is 0 Å². The highest BCUT2D eigenvalue weighted by atomic mass is 31.2. The maximum atomic E-state index is 12.5. The second-order valence-corrected chi connectivity index (χ2v) is 16.2. The summed E-state index contributed by atoms with van der Waals surface area (Å²) in [4.78, 5) is 45.4. The summed E-state index contributed by atoms with van der Waals surface area (Å²) in [5, 5.41) is 79.1. The number of aliphatic carboxylic acids is 1. The number of esters is 1. The lowest BCUT2D eigenvalue weighted by Crippen LogP contribution is -2.63. The number of hydrogen-bond acceptors (Lipinski definition) is 16. The Balaban J connectivity index is 1.41. The fourth-order valence-corrected chi connectivity index (χ4v) is 8.05. The number of ether oxygens (including phenoxy) is 5. The molecule has 0 spiro atoms. The fraction of sp³-hybridized carbons (Fsp3) is 0.550. The normalized spacial score (nSPS) is 41.1. The molecule has 10 N–H and O–H groups in total. The van der Waals surface area contributed by atoms with Crippen molar-refractivity contribution < 1.29 is 78.8 Å². The lowest BCUT2D eigenvalue weighted by molar-refractivity contribution is -0.309. The first-order valence-electron chi connectivity index (χ1n) is 19.1. The Hall–Kier alpha value is -3.39. The molecule has 3 saturated heterocycles. The summed E-state index contributed by atoms with van der Waals surface area (Å²) in [6.07, 6.45) is 3.33. The summed E-state index contributed by atoms with van der Waals surface area (Å²) in [5.74, 6) is -6.92. The van der Waals surface area contributed by atoms with Crippen LogP contribution >= 0.6 is 8.38 Å². The number of carboxylic acids is 1. The fourth-order valence-electron chi connectivity index (χ4n) is 7.30. The molecule has 3 fully saturated rings. The average molecular weight is 836 g/mol. The first-order valence-corrected chi connectivity index (χ1v) is 20.4. The van der Waals surface area contributed by atoms with Gasteiger partial charge in [0.1, 0.15) is 35.8 Å². The van der Waals surface area contributed by atoms with Crippen LogP contribution in [0.3, 0.4) is 0 Å². The maximum Gasteiger partial charge on any atom is 0.330 e. The van der Waals surface area contributed by atoms with Gasteiger partial charge in [-0.15, -0.1) is 0 Å². The minimum absolute atomic E-state index is 0.0343. The third-order valence-electron chi connectivity index (χ3n) is 10.3. The van der Waals surface area contributed by atoms with E-state index in [9.17, 15) is 55.1 Å². The number of aliphatic hydroxyl groups is 5. The smallest absolute Gasteiger partial charge is 0.330 e. The van der Waals surface area contributed by atoms with E-state index in [0.717, 1.165) is 0 Å². The molecular weight excluding hydrogens is 781 g/mol. The van der Waals surface area contributed by atoms with E-state index < -0.39 is 124 Å². The minimum atomic E-state index is -2.72. The number of nitrogens with one attached hydrogen (secondary N) is 1. The van der Waals surface area contributed by atoms with Gasteiger partial charge in [0, 0.05) is 38.2 Å². The summed E-state index contributed by atoms with van der Waals surface area (Å²) in [6, 6.07) is 4.35. The van der Waals surface area contributed by atoms with Crippen LogP contribution in [0.1, 0.15) is 57.3 Å². The van der Waals surface area contributed by atoms with E-state index in [1.54, 1.807) is 43.4 Å². The molecule has 2 bridgehead atoms. The summed E-state index contributed by atoms with van der Waals surface area (Å²) >= 11 is 0. The monoisotopic (exact) mass is 835 g/mol. The average Bonchev–Trinajstić information content (AvgIpc) is 3.88. The quantitative estimate of drug-likeness (QED) is 0.106. The van der Waals surface area contributed by atoms with Crippen LogP contribution in [0.4, 0.5) is 0 Å². The molecule has 4 heterocycles. The molecule has 0 aromatic heterocycles. The van der Waals surface area contributed by atoms with Crippen LogP contribution in [-0.4, -0.2) is 137 Å². The molecule has 0 radical (unpaired) electrons. The first-order chi connectivity index (χ1) is 27.5. The van der Waals surface area contributed by atoms with Crippen LogP contribution in [-0.2, 0) is 33.3 Å². The molecule has 1 aromatic carbocycles. The molecule has 0 saturated carbocycles. The molecule has 5 rings (SSSR count). The Morgan fingerprint density at radius 2 is 1.60 bits per heavy atom. The Bertz CT molecular complexity index is 1670. The zero-order valence-corrected chi connectivity index (χ0v) is 32.9. The number of cyclic esters (lactones) is 1. The molecule has 58 heavy (non-hydrogen) atoms. The molecule has 18 heteroatoms. The van der Waals surface area contributed by atoms with Gasteiger partial charge >= 0.3 is 11.9 Å². The zero-order valence-electron chi connectivity index (χ0n) is 32.0. The van der Waals surface area contributed by atoms with E-state index in [2.05, 4.69) is 5.32 Å². The lowest BCUT2D eigenvalue weighted by atomic mass is 9.83. The number of carbonyl (C=O) groups is 2. The number of carboxylic acid groups (broad SMARTS) is 1. The number of phenolic OH excluding ortho intramolecular Hbond substituents is 1. The lowest BCUT2D eigenvalue weighted by Gasteiger charge is -2.46. The number of aromatic hydroxyl groups is 1. The van der Waals surface area contributed by atoms with Crippen molar-refractivity contribution >= 4 is 20.3 Å². The second kappa shape index (κ2) is 20.7.